The molecule has 13 heavy (non-hydrogen) atoms. The molecular weight excluding hydrogens is 174 g/mol. The van der Waals surface area contributed by atoms with Crippen molar-refractivity contribution in [3.05, 3.63) is 0 Å². The van der Waals surface area contributed by atoms with Gasteiger partial charge >= 0.3 is 0 Å². The van der Waals surface area contributed by atoms with E-state index in [-0.39, 0.29) is 19.0 Å². The van der Waals surface area contributed by atoms with Gasteiger partial charge in [-0.1, -0.05) is 0 Å². The van der Waals surface area contributed by atoms with Gasteiger partial charge in [0.05, 0.1) is 0 Å². The van der Waals surface area contributed by atoms with E-state index in [2.05, 4.69) is 10.3 Å². The number of aliphatic hydroxyl groups is 1. The van der Waals surface area contributed by atoms with Crippen molar-refractivity contribution in [1.82, 2.24) is 5.32 Å². The van der Waals surface area contributed by atoms with Crippen LogP contribution in [0.4, 0.5) is 0 Å². The highest BCUT2D eigenvalue weighted by Gasteiger charge is 2.43. The molecule has 72 valence electrons. The first-order valence-electron chi connectivity index (χ1n) is 3.81. The number of hydrogen-bond donors (Lipinski definition) is 3. The fraction of sp³-hybridized carbons (Fsp3) is 0.571. The van der Waals surface area contributed by atoms with Crippen molar-refractivity contribution in [3.63, 3.8) is 0 Å². The standard InChI is InChI=1S/C7H11N3O3/c1-7(2-3-11)4(12)9-6(8)10-5(7)13/h11H,2-3H2,1H3,(H3,8,9,10,12,13). The summed E-state index contributed by atoms with van der Waals surface area (Å²) in [6.45, 7) is 1.18. The first kappa shape index (κ1) is 9.66. The van der Waals surface area contributed by atoms with Crippen molar-refractivity contribution in [2.75, 3.05) is 6.61 Å². The fourth-order valence-corrected chi connectivity index (χ4v) is 1.06. The minimum Gasteiger partial charge on any atom is -0.396 e. The van der Waals surface area contributed by atoms with Crippen LogP contribution in [-0.2, 0) is 9.59 Å². The van der Waals surface area contributed by atoms with Gasteiger partial charge in [-0.3, -0.25) is 14.9 Å². The predicted molar refractivity (Wildman–Crippen MR) is 44.6 cm³/mol. The summed E-state index contributed by atoms with van der Waals surface area (Å²) < 4.78 is 0. The summed E-state index contributed by atoms with van der Waals surface area (Å²) in [5, 5.41) is 10.9. The fourth-order valence-electron chi connectivity index (χ4n) is 1.06. The van der Waals surface area contributed by atoms with E-state index in [4.69, 9.17) is 10.8 Å². The van der Waals surface area contributed by atoms with Gasteiger partial charge < -0.3 is 10.8 Å². The third kappa shape index (κ3) is 1.52. The van der Waals surface area contributed by atoms with E-state index >= 15 is 0 Å². The molecule has 1 aliphatic rings. The van der Waals surface area contributed by atoms with Crippen LogP contribution in [0.25, 0.3) is 0 Å². The normalized spacial score (nSPS) is 28.3. The van der Waals surface area contributed by atoms with Crippen molar-refractivity contribution in [1.29, 1.82) is 0 Å². The predicted octanol–water partition coefficient (Wildman–Crippen LogP) is -1.65. The minimum atomic E-state index is -1.28. The van der Waals surface area contributed by atoms with Crippen molar-refractivity contribution in [2.24, 2.45) is 16.1 Å². The number of carbonyl (C=O) groups excluding carboxylic acids is 2. The Kier molecular flexibility index (Phi) is 2.33. The average molecular weight is 185 g/mol. The van der Waals surface area contributed by atoms with Gasteiger partial charge in [-0.05, 0) is 13.3 Å². The molecule has 0 saturated heterocycles. The number of aliphatic imine (C=N–C) groups is 1. The molecule has 0 spiro atoms. The summed E-state index contributed by atoms with van der Waals surface area (Å²) in [6.07, 6.45) is 0.0500. The molecular formula is C7H11N3O3. The maximum Gasteiger partial charge on any atom is 0.264 e. The smallest absolute Gasteiger partial charge is 0.264 e. The second-order valence-electron chi connectivity index (χ2n) is 3.06. The number of aliphatic hydroxyl groups excluding tert-OH is 1. The number of carbonyl (C=O) groups is 2. The molecule has 1 unspecified atom stereocenters. The molecule has 4 N–H and O–H groups in total. The molecule has 0 aliphatic carbocycles. The number of hydrogen-bond acceptors (Lipinski definition) is 4. The van der Waals surface area contributed by atoms with E-state index in [0.29, 0.717) is 0 Å². The molecule has 0 saturated carbocycles. The quantitative estimate of drug-likeness (QED) is 0.448. The highest BCUT2D eigenvalue weighted by molar-refractivity contribution is 6.17. The molecule has 1 atom stereocenters. The first-order chi connectivity index (χ1) is 6.00. The van der Waals surface area contributed by atoms with Crippen molar-refractivity contribution >= 4 is 17.8 Å². The van der Waals surface area contributed by atoms with Gasteiger partial charge in [-0.2, -0.15) is 4.99 Å². The lowest BCUT2D eigenvalue weighted by atomic mass is 9.84. The third-order valence-electron chi connectivity index (χ3n) is 2.05. The van der Waals surface area contributed by atoms with Crippen LogP contribution in [-0.4, -0.2) is 29.5 Å². The number of rotatable bonds is 2. The number of amides is 2. The molecule has 0 aromatic rings. The zero-order chi connectivity index (χ0) is 10.1. The van der Waals surface area contributed by atoms with E-state index in [1.54, 1.807) is 0 Å². The Bertz CT molecular complexity index is 287. The maximum absolute atomic E-state index is 11.3. The summed E-state index contributed by atoms with van der Waals surface area (Å²) in [4.78, 5) is 26.0. The molecule has 1 aliphatic heterocycles. The molecule has 0 radical (unpaired) electrons. The Labute approximate surface area is 74.8 Å². The van der Waals surface area contributed by atoms with E-state index in [1.807, 2.05) is 0 Å². The van der Waals surface area contributed by atoms with Crippen molar-refractivity contribution in [2.45, 2.75) is 13.3 Å². The Morgan fingerprint density at radius 1 is 1.62 bits per heavy atom. The lowest BCUT2D eigenvalue weighted by molar-refractivity contribution is -0.141. The van der Waals surface area contributed by atoms with Gasteiger partial charge in [0.25, 0.3) is 5.91 Å². The molecule has 2 amide bonds. The molecule has 0 fully saturated rings. The van der Waals surface area contributed by atoms with Crippen molar-refractivity contribution < 1.29 is 14.7 Å². The van der Waals surface area contributed by atoms with Gasteiger partial charge in [0.15, 0.2) is 0 Å². The number of nitrogens with two attached hydrogens (primary N) is 1. The van der Waals surface area contributed by atoms with Crippen LogP contribution < -0.4 is 11.1 Å². The zero-order valence-corrected chi connectivity index (χ0v) is 7.20. The summed E-state index contributed by atoms with van der Waals surface area (Å²) in [5.74, 6) is -1.31. The molecule has 0 aromatic heterocycles. The van der Waals surface area contributed by atoms with Gasteiger partial charge in [0.2, 0.25) is 11.9 Å². The molecule has 1 heterocycles. The van der Waals surface area contributed by atoms with Crippen LogP contribution in [0.5, 0.6) is 0 Å². The Morgan fingerprint density at radius 3 is 2.69 bits per heavy atom. The van der Waals surface area contributed by atoms with Crippen LogP contribution in [0.1, 0.15) is 13.3 Å². The molecule has 6 heteroatoms. The summed E-state index contributed by atoms with van der Waals surface area (Å²) in [6, 6.07) is 0. The SMILES string of the molecule is CC1(CCO)C(=O)N=C(N)NC1=O. The van der Waals surface area contributed by atoms with Gasteiger partial charge in [-0.15, -0.1) is 0 Å². The second kappa shape index (κ2) is 3.14. The highest BCUT2D eigenvalue weighted by Crippen LogP contribution is 2.25. The van der Waals surface area contributed by atoms with Crippen LogP contribution in [0.2, 0.25) is 0 Å². The third-order valence-corrected chi connectivity index (χ3v) is 2.05. The van der Waals surface area contributed by atoms with E-state index in [9.17, 15) is 9.59 Å². The Hall–Kier alpha value is -1.43. The van der Waals surface area contributed by atoms with Crippen LogP contribution in [0.3, 0.4) is 0 Å². The lowest BCUT2D eigenvalue weighted by Gasteiger charge is -2.27. The topological polar surface area (TPSA) is 105 Å². The molecule has 1 rings (SSSR count). The minimum absolute atomic E-state index is 0.0500. The number of nitrogens with zero attached hydrogens (tertiary/aromatic N) is 1. The molecule has 0 bridgehead atoms. The Balaban J connectivity index is 2.98. The van der Waals surface area contributed by atoms with Gasteiger partial charge in [0.1, 0.15) is 5.41 Å². The highest BCUT2D eigenvalue weighted by atomic mass is 16.3. The van der Waals surface area contributed by atoms with Gasteiger partial charge in [0, 0.05) is 6.61 Å². The van der Waals surface area contributed by atoms with Crippen LogP contribution in [0.15, 0.2) is 4.99 Å². The summed E-state index contributed by atoms with van der Waals surface area (Å²) >= 11 is 0. The van der Waals surface area contributed by atoms with Crippen molar-refractivity contribution in [3.8, 4) is 0 Å². The zero-order valence-electron chi connectivity index (χ0n) is 7.20. The van der Waals surface area contributed by atoms with Gasteiger partial charge in [-0.25, -0.2) is 0 Å². The first-order valence-corrected chi connectivity index (χ1v) is 3.81. The van der Waals surface area contributed by atoms with E-state index < -0.39 is 17.2 Å². The Morgan fingerprint density at radius 2 is 2.23 bits per heavy atom. The average Bonchev–Trinajstić information content (AvgIpc) is 2.01. The van der Waals surface area contributed by atoms with Crippen LogP contribution >= 0.6 is 0 Å². The van der Waals surface area contributed by atoms with E-state index in [1.165, 1.54) is 6.92 Å². The van der Waals surface area contributed by atoms with Crippen LogP contribution in [0, 0.1) is 5.41 Å². The molecule has 0 aromatic carbocycles. The number of nitrogens with one attached hydrogen (secondary N) is 1. The van der Waals surface area contributed by atoms with E-state index in [0.717, 1.165) is 0 Å². The summed E-state index contributed by atoms with van der Waals surface area (Å²) in [7, 11) is 0. The molecule has 6 nitrogen and oxygen atoms in total. The summed E-state index contributed by atoms with van der Waals surface area (Å²) in [5.41, 5.74) is 3.89. The lowest BCUT2D eigenvalue weighted by Crippen LogP contribution is -2.53. The second-order valence-corrected chi connectivity index (χ2v) is 3.06. The monoisotopic (exact) mass is 185 g/mol. The largest absolute Gasteiger partial charge is 0.396 e. The maximum atomic E-state index is 11.3. The number of guanidine groups is 1.